The van der Waals surface area contributed by atoms with Crippen molar-refractivity contribution in [2.75, 3.05) is 7.05 Å². The van der Waals surface area contributed by atoms with Crippen LogP contribution in [-0.4, -0.2) is 7.05 Å². The van der Waals surface area contributed by atoms with Crippen LogP contribution in [0, 0.1) is 5.82 Å². The predicted octanol–water partition coefficient (Wildman–Crippen LogP) is 5.27. The van der Waals surface area contributed by atoms with E-state index in [1.54, 1.807) is 23.5 Å². The quantitative estimate of drug-likeness (QED) is 0.793. The van der Waals surface area contributed by atoms with E-state index in [1.807, 2.05) is 13.1 Å². The normalized spacial score (nSPS) is 12.6. The number of hydrogen-bond donors (Lipinski definition) is 1. The first kappa shape index (κ1) is 14.5. The topological polar surface area (TPSA) is 12.0 Å². The van der Waals surface area contributed by atoms with Crippen LogP contribution in [0.1, 0.15) is 30.7 Å². The zero-order chi connectivity index (χ0) is 13.8. The number of halogens is 2. The van der Waals surface area contributed by atoms with Crippen LogP contribution in [0.15, 0.2) is 30.3 Å². The standard InChI is InChI=1S/C15H17ClFNS/c1-3-4-13(18-2)15-8-7-14(19-15)11-6-5-10(16)9-12(11)17/h5-9,13,18H,3-4H2,1-2H3. The molecule has 4 heteroatoms. The highest BCUT2D eigenvalue weighted by molar-refractivity contribution is 7.15. The maximum Gasteiger partial charge on any atom is 0.133 e. The van der Waals surface area contributed by atoms with Gasteiger partial charge in [0.05, 0.1) is 0 Å². The molecule has 0 aliphatic heterocycles. The smallest absolute Gasteiger partial charge is 0.133 e. The summed E-state index contributed by atoms with van der Waals surface area (Å²) in [7, 11) is 1.96. The Hall–Kier alpha value is -0.900. The molecule has 1 nitrogen and oxygen atoms in total. The SMILES string of the molecule is CCCC(NC)c1ccc(-c2ccc(Cl)cc2F)s1. The van der Waals surface area contributed by atoms with E-state index in [0.29, 0.717) is 16.6 Å². The molecule has 1 heterocycles. The van der Waals surface area contributed by atoms with Crippen LogP contribution in [0.4, 0.5) is 4.39 Å². The zero-order valence-electron chi connectivity index (χ0n) is 11.0. The summed E-state index contributed by atoms with van der Waals surface area (Å²) < 4.78 is 13.9. The van der Waals surface area contributed by atoms with Gasteiger partial charge >= 0.3 is 0 Å². The van der Waals surface area contributed by atoms with E-state index in [2.05, 4.69) is 18.3 Å². The van der Waals surface area contributed by atoms with Crippen LogP contribution in [0.5, 0.6) is 0 Å². The molecule has 0 bridgehead atoms. The Balaban J connectivity index is 2.29. The van der Waals surface area contributed by atoms with Crippen molar-refractivity contribution in [3.63, 3.8) is 0 Å². The number of benzene rings is 1. The van der Waals surface area contributed by atoms with Crippen molar-refractivity contribution in [3.8, 4) is 10.4 Å². The van der Waals surface area contributed by atoms with E-state index >= 15 is 0 Å². The van der Waals surface area contributed by atoms with Gasteiger partial charge in [0, 0.05) is 26.4 Å². The fourth-order valence-electron chi connectivity index (χ4n) is 2.09. The van der Waals surface area contributed by atoms with Crippen LogP contribution >= 0.6 is 22.9 Å². The first-order valence-corrected chi connectivity index (χ1v) is 7.57. The van der Waals surface area contributed by atoms with Gasteiger partial charge in [-0.15, -0.1) is 11.3 Å². The maximum absolute atomic E-state index is 13.9. The summed E-state index contributed by atoms with van der Waals surface area (Å²) in [4.78, 5) is 2.19. The zero-order valence-corrected chi connectivity index (χ0v) is 12.6. The molecule has 0 saturated carbocycles. The largest absolute Gasteiger partial charge is 0.312 e. The van der Waals surface area contributed by atoms with E-state index in [9.17, 15) is 4.39 Å². The highest BCUT2D eigenvalue weighted by Gasteiger charge is 2.13. The maximum atomic E-state index is 13.9. The average Bonchev–Trinajstić information content (AvgIpc) is 2.85. The van der Waals surface area contributed by atoms with E-state index in [0.717, 1.165) is 17.7 Å². The van der Waals surface area contributed by atoms with Crippen LogP contribution in [0.2, 0.25) is 5.02 Å². The van der Waals surface area contributed by atoms with Crippen LogP contribution in [0.3, 0.4) is 0 Å². The van der Waals surface area contributed by atoms with Crippen LogP contribution in [0.25, 0.3) is 10.4 Å². The van der Waals surface area contributed by atoms with Gasteiger partial charge in [-0.2, -0.15) is 0 Å². The van der Waals surface area contributed by atoms with Crippen molar-refractivity contribution in [1.82, 2.24) is 5.32 Å². The molecular weight excluding hydrogens is 281 g/mol. The van der Waals surface area contributed by atoms with Crippen molar-refractivity contribution in [2.45, 2.75) is 25.8 Å². The molecule has 1 aromatic heterocycles. The Morgan fingerprint density at radius 1 is 1.32 bits per heavy atom. The summed E-state index contributed by atoms with van der Waals surface area (Å²) in [5.41, 5.74) is 0.618. The van der Waals surface area contributed by atoms with Crippen molar-refractivity contribution in [2.24, 2.45) is 0 Å². The average molecular weight is 298 g/mol. The third-order valence-corrected chi connectivity index (χ3v) is 4.56. The fourth-order valence-corrected chi connectivity index (χ4v) is 3.43. The molecule has 0 radical (unpaired) electrons. The third-order valence-electron chi connectivity index (χ3n) is 3.09. The van der Waals surface area contributed by atoms with Crippen molar-refractivity contribution < 1.29 is 4.39 Å². The predicted molar refractivity (Wildman–Crippen MR) is 81.4 cm³/mol. The number of rotatable bonds is 5. The van der Waals surface area contributed by atoms with Crippen LogP contribution < -0.4 is 5.32 Å². The molecule has 1 atom stereocenters. The molecule has 0 fully saturated rings. The molecule has 1 aromatic carbocycles. The summed E-state index contributed by atoms with van der Waals surface area (Å²) >= 11 is 7.41. The lowest BCUT2D eigenvalue weighted by Gasteiger charge is -2.12. The van der Waals surface area contributed by atoms with Gasteiger partial charge in [-0.1, -0.05) is 24.9 Å². The second-order valence-corrected chi connectivity index (χ2v) is 6.01. The molecule has 0 spiro atoms. The first-order valence-electron chi connectivity index (χ1n) is 6.38. The molecule has 2 aromatic rings. The number of nitrogens with one attached hydrogen (secondary N) is 1. The number of thiophene rings is 1. The highest BCUT2D eigenvalue weighted by atomic mass is 35.5. The highest BCUT2D eigenvalue weighted by Crippen LogP contribution is 2.34. The summed E-state index contributed by atoms with van der Waals surface area (Å²) in [6.45, 7) is 2.16. The molecule has 1 N–H and O–H groups in total. The fraction of sp³-hybridized carbons (Fsp3) is 0.333. The van der Waals surface area contributed by atoms with E-state index < -0.39 is 0 Å². The van der Waals surface area contributed by atoms with Gasteiger partial charge in [-0.3, -0.25) is 0 Å². The van der Waals surface area contributed by atoms with Gasteiger partial charge in [0.25, 0.3) is 0 Å². The Kier molecular flexibility index (Phi) is 4.97. The minimum Gasteiger partial charge on any atom is -0.312 e. The monoisotopic (exact) mass is 297 g/mol. The molecule has 0 aliphatic rings. The lowest BCUT2D eigenvalue weighted by Crippen LogP contribution is -2.14. The van der Waals surface area contributed by atoms with E-state index in [-0.39, 0.29) is 5.82 Å². The van der Waals surface area contributed by atoms with Crippen molar-refractivity contribution >= 4 is 22.9 Å². The van der Waals surface area contributed by atoms with E-state index in [1.165, 1.54) is 10.9 Å². The minimum absolute atomic E-state index is 0.266. The van der Waals surface area contributed by atoms with Gasteiger partial charge < -0.3 is 5.32 Å². The van der Waals surface area contributed by atoms with Crippen molar-refractivity contribution in [3.05, 3.63) is 46.0 Å². The molecule has 0 aliphatic carbocycles. The van der Waals surface area contributed by atoms with Gasteiger partial charge in [-0.05, 0) is 43.8 Å². The van der Waals surface area contributed by atoms with Crippen LogP contribution in [-0.2, 0) is 0 Å². The summed E-state index contributed by atoms with van der Waals surface area (Å²) in [5.74, 6) is -0.266. The molecule has 2 rings (SSSR count). The lowest BCUT2D eigenvalue weighted by atomic mass is 10.1. The van der Waals surface area contributed by atoms with Gasteiger partial charge in [-0.25, -0.2) is 4.39 Å². The Morgan fingerprint density at radius 2 is 2.11 bits per heavy atom. The summed E-state index contributed by atoms with van der Waals surface area (Å²) in [6, 6.07) is 9.22. The second kappa shape index (κ2) is 6.51. The van der Waals surface area contributed by atoms with Crippen molar-refractivity contribution in [1.29, 1.82) is 0 Å². The first-order chi connectivity index (χ1) is 9.15. The second-order valence-electron chi connectivity index (χ2n) is 4.46. The Labute approximate surface area is 122 Å². The molecule has 0 amide bonds. The summed E-state index contributed by atoms with van der Waals surface area (Å²) in [6.07, 6.45) is 2.20. The third kappa shape index (κ3) is 3.35. The number of hydrogen-bond acceptors (Lipinski definition) is 2. The van der Waals surface area contributed by atoms with Gasteiger partial charge in [0.15, 0.2) is 0 Å². The van der Waals surface area contributed by atoms with Gasteiger partial charge in [0.2, 0.25) is 0 Å². The summed E-state index contributed by atoms with van der Waals surface area (Å²) in [5, 5.41) is 3.73. The molecule has 0 saturated heterocycles. The molecule has 1 unspecified atom stereocenters. The van der Waals surface area contributed by atoms with E-state index in [4.69, 9.17) is 11.6 Å². The molecular formula is C15H17ClFNS. The molecule has 19 heavy (non-hydrogen) atoms. The van der Waals surface area contributed by atoms with Gasteiger partial charge in [0.1, 0.15) is 5.82 Å². The Morgan fingerprint density at radius 3 is 2.74 bits per heavy atom. The lowest BCUT2D eigenvalue weighted by molar-refractivity contribution is 0.550. The Bertz CT molecular complexity index is 553. The molecule has 102 valence electrons. The minimum atomic E-state index is -0.266.